The first kappa shape index (κ1) is 11.9. The van der Waals surface area contributed by atoms with E-state index in [0.29, 0.717) is 11.3 Å². The average Bonchev–Trinajstić information content (AvgIpc) is 2.25. The average molecular weight is 214 g/mol. The molecular weight excluding hydrogens is 199 g/mol. The second-order valence-corrected chi connectivity index (χ2v) is 3.12. The van der Waals surface area contributed by atoms with Gasteiger partial charge in [0.15, 0.2) is 0 Å². The number of aliphatic hydroxyl groups excluding tert-OH is 1. The normalized spacial score (nSPS) is 12.5. The molecule has 0 spiro atoms. The van der Waals surface area contributed by atoms with Gasteiger partial charge in [0.25, 0.3) is 0 Å². The molecule has 0 saturated carbocycles. The Kier molecular flexibility index (Phi) is 4.52. The number of hydrogen-bond acceptors (Lipinski definition) is 3. The van der Waals surface area contributed by atoms with Gasteiger partial charge in [0, 0.05) is 11.6 Å². The molecule has 0 aliphatic rings. The van der Waals surface area contributed by atoms with Crippen LogP contribution in [0.5, 0.6) is 5.75 Å². The summed E-state index contributed by atoms with van der Waals surface area (Å²) in [6.45, 7) is 1.87. The van der Waals surface area contributed by atoms with Crippen LogP contribution in [0.1, 0.15) is 18.6 Å². The van der Waals surface area contributed by atoms with Gasteiger partial charge in [-0.3, -0.25) is 0 Å². The Labute approximate surface area is 88.4 Å². The van der Waals surface area contributed by atoms with E-state index in [1.54, 1.807) is 19.1 Å². The summed E-state index contributed by atoms with van der Waals surface area (Å²) in [6, 6.07) is 4.61. The molecule has 0 fully saturated rings. The van der Waals surface area contributed by atoms with Crippen molar-refractivity contribution in [1.29, 1.82) is 0 Å². The second-order valence-electron chi connectivity index (χ2n) is 3.12. The van der Waals surface area contributed by atoms with Gasteiger partial charge in [-0.05, 0) is 19.1 Å². The number of hydrogen-bond donors (Lipinski definition) is 1. The molecule has 1 unspecified atom stereocenters. The summed E-state index contributed by atoms with van der Waals surface area (Å²) in [5.41, 5.74) is 0.462. The van der Waals surface area contributed by atoms with Gasteiger partial charge in [-0.2, -0.15) is 0 Å². The SMILES string of the molecule is COc1ccc(C(C)OCCO)c(F)c1. The van der Waals surface area contributed by atoms with Crippen molar-refractivity contribution >= 4 is 0 Å². The molecule has 1 aromatic rings. The van der Waals surface area contributed by atoms with E-state index in [1.165, 1.54) is 13.2 Å². The molecule has 0 aliphatic heterocycles. The van der Waals surface area contributed by atoms with Crippen molar-refractivity contribution in [1.82, 2.24) is 0 Å². The highest BCUT2D eigenvalue weighted by Crippen LogP contribution is 2.23. The zero-order chi connectivity index (χ0) is 11.3. The summed E-state index contributed by atoms with van der Waals surface area (Å²) in [7, 11) is 1.49. The summed E-state index contributed by atoms with van der Waals surface area (Å²) < 4.78 is 23.6. The molecule has 1 N–H and O–H groups in total. The van der Waals surface area contributed by atoms with Crippen LogP contribution in [0, 0.1) is 5.82 Å². The summed E-state index contributed by atoms with van der Waals surface area (Å²) in [4.78, 5) is 0. The van der Waals surface area contributed by atoms with E-state index in [1.807, 2.05) is 0 Å². The zero-order valence-electron chi connectivity index (χ0n) is 8.87. The fourth-order valence-electron chi connectivity index (χ4n) is 1.28. The molecule has 3 nitrogen and oxygen atoms in total. The van der Waals surface area contributed by atoms with E-state index in [-0.39, 0.29) is 25.1 Å². The molecule has 4 heteroatoms. The zero-order valence-corrected chi connectivity index (χ0v) is 8.87. The summed E-state index contributed by atoms with van der Waals surface area (Å²) in [6.07, 6.45) is -0.372. The first-order chi connectivity index (χ1) is 7.19. The number of halogens is 1. The number of ether oxygens (including phenoxy) is 2. The highest BCUT2D eigenvalue weighted by molar-refractivity contribution is 5.29. The van der Waals surface area contributed by atoms with Gasteiger partial charge in [0.2, 0.25) is 0 Å². The highest BCUT2D eigenvalue weighted by atomic mass is 19.1. The monoisotopic (exact) mass is 214 g/mol. The first-order valence-electron chi connectivity index (χ1n) is 4.75. The van der Waals surface area contributed by atoms with Crippen molar-refractivity contribution < 1.29 is 19.0 Å². The Morgan fingerprint density at radius 3 is 2.73 bits per heavy atom. The van der Waals surface area contributed by atoms with E-state index in [0.717, 1.165) is 0 Å². The van der Waals surface area contributed by atoms with Crippen molar-refractivity contribution in [2.24, 2.45) is 0 Å². The smallest absolute Gasteiger partial charge is 0.132 e. The van der Waals surface area contributed by atoms with Crippen LogP contribution in [0.2, 0.25) is 0 Å². The third-order valence-corrected chi connectivity index (χ3v) is 2.10. The van der Waals surface area contributed by atoms with Crippen LogP contribution < -0.4 is 4.74 Å². The lowest BCUT2D eigenvalue weighted by atomic mass is 10.1. The van der Waals surface area contributed by atoms with Gasteiger partial charge in [0.05, 0.1) is 26.4 Å². The van der Waals surface area contributed by atoms with Crippen molar-refractivity contribution in [3.05, 3.63) is 29.6 Å². The summed E-state index contributed by atoms with van der Waals surface area (Å²) in [5.74, 6) is 0.116. The highest BCUT2D eigenvalue weighted by Gasteiger charge is 2.11. The maximum atomic E-state index is 13.5. The quantitative estimate of drug-likeness (QED) is 0.813. The molecule has 1 aromatic carbocycles. The number of benzene rings is 1. The van der Waals surface area contributed by atoms with Crippen molar-refractivity contribution in [3.63, 3.8) is 0 Å². The first-order valence-corrected chi connectivity index (χ1v) is 4.75. The molecule has 0 aromatic heterocycles. The molecule has 0 aliphatic carbocycles. The van der Waals surface area contributed by atoms with Gasteiger partial charge in [0.1, 0.15) is 11.6 Å². The van der Waals surface area contributed by atoms with Gasteiger partial charge in [-0.1, -0.05) is 0 Å². The third kappa shape index (κ3) is 3.18. The van der Waals surface area contributed by atoms with Crippen LogP contribution in [0.25, 0.3) is 0 Å². The molecule has 0 heterocycles. The number of rotatable bonds is 5. The van der Waals surface area contributed by atoms with Crippen LogP contribution >= 0.6 is 0 Å². The van der Waals surface area contributed by atoms with Crippen molar-refractivity contribution in [3.8, 4) is 5.75 Å². The molecule has 15 heavy (non-hydrogen) atoms. The maximum absolute atomic E-state index is 13.5. The van der Waals surface area contributed by atoms with Gasteiger partial charge in [-0.25, -0.2) is 4.39 Å². The lowest BCUT2D eigenvalue weighted by Crippen LogP contribution is -2.06. The standard InChI is InChI=1S/C11H15FO3/c1-8(15-6-5-13)10-4-3-9(14-2)7-11(10)12/h3-4,7-8,13H,5-6H2,1-2H3. The number of methoxy groups -OCH3 is 1. The predicted molar refractivity (Wildman–Crippen MR) is 54.4 cm³/mol. The van der Waals surface area contributed by atoms with Gasteiger partial charge < -0.3 is 14.6 Å². The second kappa shape index (κ2) is 5.68. The largest absolute Gasteiger partial charge is 0.497 e. The predicted octanol–water partition coefficient (Wildman–Crippen LogP) is 1.90. The Morgan fingerprint density at radius 2 is 2.20 bits per heavy atom. The van der Waals surface area contributed by atoms with Gasteiger partial charge >= 0.3 is 0 Å². The van der Waals surface area contributed by atoms with E-state index in [9.17, 15) is 4.39 Å². The topological polar surface area (TPSA) is 38.7 Å². The van der Waals surface area contributed by atoms with Crippen LogP contribution in [-0.4, -0.2) is 25.4 Å². The van der Waals surface area contributed by atoms with Gasteiger partial charge in [-0.15, -0.1) is 0 Å². The van der Waals surface area contributed by atoms with E-state index < -0.39 is 0 Å². The molecule has 0 saturated heterocycles. The lowest BCUT2D eigenvalue weighted by Gasteiger charge is -2.13. The Morgan fingerprint density at radius 1 is 1.47 bits per heavy atom. The van der Waals surface area contributed by atoms with E-state index >= 15 is 0 Å². The van der Waals surface area contributed by atoms with Crippen molar-refractivity contribution in [2.75, 3.05) is 20.3 Å². The van der Waals surface area contributed by atoms with Crippen LogP contribution in [-0.2, 0) is 4.74 Å². The Bertz CT molecular complexity index is 315. The Hall–Kier alpha value is -1.13. The van der Waals surface area contributed by atoms with Crippen LogP contribution in [0.4, 0.5) is 4.39 Å². The molecule has 84 valence electrons. The minimum atomic E-state index is -0.372. The molecular formula is C11H15FO3. The van der Waals surface area contributed by atoms with E-state index in [4.69, 9.17) is 14.6 Å². The minimum absolute atomic E-state index is 0.0673. The molecule has 0 bridgehead atoms. The van der Waals surface area contributed by atoms with E-state index in [2.05, 4.69) is 0 Å². The minimum Gasteiger partial charge on any atom is -0.497 e. The molecule has 0 radical (unpaired) electrons. The number of aliphatic hydroxyl groups is 1. The molecule has 0 amide bonds. The molecule has 1 rings (SSSR count). The van der Waals surface area contributed by atoms with Crippen LogP contribution in [0.15, 0.2) is 18.2 Å². The van der Waals surface area contributed by atoms with Crippen LogP contribution in [0.3, 0.4) is 0 Å². The lowest BCUT2D eigenvalue weighted by molar-refractivity contribution is 0.0366. The fraction of sp³-hybridized carbons (Fsp3) is 0.455. The fourth-order valence-corrected chi connectivity index (χ4v) is 1.28. The third-order valence-electron chi connectivity index (χ3n) is 2.10. The van der Waals surface area contributed by atoms with Crippen molar-refractivity contribution in [2.45, 2.75) is 13.0 Å². The summed E-state index contributed by atoms with van der Waals surface area (Å²) in [5, 5.41) is 8.57. The summed E-state index contributed by atoms with van der Waals surface area (Å²) >= 11 is 0. The Balaban J connectivity index is 2.76. The maximum Gasteiger partial charge on any atom is 0.132 e. The molecule has 1 atom stereocenters.